The third kappa shape index (κ3) is 5.03. The monoisotopic (exact) mass is 492 g/mol. The Bertz CT molecular complexity index is 1340. The van der Waals surface area contributed by atoms with Gasteiger partial charge >= 0.3 is 6.18 Å². The SMILES string of the molecule is Cc1cnc(NC(=O)c2cccc3[nH]c(-c4ccc(OC[C@@H](O)CO)cc4C(F)(F)F)nc23)s1. The standard InChI is InChI=1S/C22H19F3N4O4S/c1-11-8-26-21(34-11)29-20(32)15-3-2-4-17-18(15)28-19(27-17)14-6-5-13(33-10-12(31)9-30)7-16(14)22(23,24)25/h2-8,12,30-31H,9-10H2,1H3,(H,27,28)(H,26,29,32)/t12-/m0/s1. The highest BCUT2D eigenvalue weighted by atomic mass is 32.1. The topological polar surface area (TPSA) is 120 Å². The number of anilines is 1. The summed E-state index contributed by atoms with van der Waals surface area (Å²) in [7, 11) is 0. The molecule has 0 aliphatic rings. The van der Waals surface area contributed by atoms with E-state index in [-0.39, 0.29) is 34.8 Å². The summed E-state index contributed by atoms with van der Waals surface area (Å²) in [6, 6.07) is 8.03. The Hall–Kier alpha value is -3.48. The number of benzene rings is 2. The lowest BCUT2D eigenvalue weighted by atomic mass is 10.1. The van der Waals surface area contributed by atoms with E-state index in [1.54, 1.807) is 18.3 Å². The summed E-state index contributed by atoms with van der Waals surface area (Å²) < 4.78 is 46.6. The second-order valence-corrected chi connectivity index (χ2v) is 8.60. The van der Waals surface area contributed by atoms with Gasteiger partial charge in [0.05, 0.1) is 23.3 Å². The van der Waals surface area contributed by atoms with Crippen LogP contribution in [-0.2, 0) is 6.18 Å². The number of ether oxygens (including phenoxy) is 1. The summed E-state index contributed by atoms with van der Waals surface area (Å²) in [6.45, 7) is 0.896. The molecule has 0 unspecified atom stereocenters. The van der Waals surface area contributed by atoms with Gasteiger partial charge in [-0.2, -0.15) is 13.2 Å². The van der Waals surface area contributed by atoms with Crippen LogP contribution < -0.4 is 10.1 Å². The van der Waals surface area contributed by atoms with Crippen molar-refractivity contribution in [3.63, 3.8) is 0 Å². The quantitative estimate of drug-likeness (QED) is 0.310. The molecular weight excluding hydrogens is 473 g/mol. The number of carbonyl (C=O) groups excluding carboxylic acids is 1. The molecule has 0 aliphatic heterocycles. The van der Waals surface area contributed by atoms with Gasteiger partial charge in [-0.15, -0.1) is 11.3 Å². The lowest BCUT2D eigenvalue weighted by Gasteiger charge is -2.15. The van der Waals surface area contributed by atoms with Gasteiger partial charge in [-0.25, -0.2) is 9.97 Å². The van der Waals surface area contributed by atoms with Crippen LogP contribution in [0.5, 0.6) is 5.75 Å². The van der Waals surface area contributed by atoms with E-state index in [2.05, 4.69) is 20.3 Å². The molecule has 8 nitrogen and oxygen atoms in total. The third-order valence-electron chi connectivity index (χ3n) is 4.80. The first-order valence-corrected chi connectivity index (χ1v) is 10.8. The van der Waals surface area contributed by atoms with Gasteiger partial charge in [0, 0.05) is 16.6 Å². The molecule has 0 aliphatic carbocycles. The van der Waals surface area contributed by atoms with Gasteiger partial charge < -0.3 is 19.9 Å². The number of para-hydroxylation sites is 1. The van der Waals surface area contributed by atoms with Crippen molar-refractivity contribution >= 4 is 33.4 Å². The molecule has 2 aromatic heterocycles. The Balaban J connectivity index is 1.70. The average molecular weight is 492 g/mol. The van der Waals surface area contributed by atoms with Crippen LogP contribution in [0.2, 0.25) is 0 Å². The zero-order valence-electron chi connectivity index (χ0n) is 17.7. The summed E-state index contributed by atoms with van der Waals surface area (Å²) in [4.78, 5) is 24.9. The molecule has 4 aromatic rings. The minimum atomic E-state index is -4.73. The first-order chi connectivity index (χ1) is 16.2. The van der Waals surface area contributed by atoms with Crippen molar-refractivity contribution in [2.45, 2.75) is 19.2 Å². The lowest BCUT2D eigenvalue weighted by Crippen LogP contribution is -2.21. The molecule has 0 bridgehead atoms. The van der Waals surface area contributed by atoms with Crippen LogP contribution >= 0.6 is 11.3 Å². The van der Waals surface area contributed by atoms with E-state index < -0.39 is 30.4 Å². The van der Waals surface area contributed by atoms with Crippen LogP contribution in [0.3, 0.4) is 0 Å². The molecule has 12 heteroatoms. The largest absolute Gasteiger partial charge is 0.491 e. The predicted octanol–water partition coefficient (Wildman–Crippen LogP) is 4.00. The number of amides is 1. The average Bonchev–Trinajstić information content (AvgIpc) is 3.42. The number of rotatable bonds is 7. The number of aromatic nitrogens is 3. The molecule has 1 amide bonds. The van der Waals surface area contributed by atoms with Crippen LogP contribution in [0, 0.1) is 6.92 Å². The number of aryl methyl sites for hydroxylation is 1. The van der Waals surface area contributed by atoms with Crippen molar-refractivity contribution in [3.05, 3.63) is 58.6 Å². The Kier molecular flexibility index (Phi) is 6.55. The maximum Gasteiger partial charge on any atom is 0.417 e. The Labute approximate surface area is 195 Å². The third-order valence-corrected chi connectivity index (χ3v) is 5.63. The number of nitrogens with one attached hydrogen (secondary N) is 2. The number of nitrogens with zero attached hydrogens (tertiary/aromatic N) is 2. The van der Waals surface area contributed by atoms with Crippen LogP contribution in [-0.4, -0.2) is 50.4 Å². The molecule has 0 saturated heterocycles. The normalized spacial score (nSPS) is 12.6. The lowest BCUT2D eigenvalue weighted by molar-refractivity contribution is -0.137. The number of imidazole rings is 1. The molecule has 0 fully saturated rings. The predicted molar refractivity (Wildman–Crippen MR) is 120 cm³/mol. The number of thiazole rings is 1. The van der Waals surface area contributed by atoms with Gasteiger partial charge in [-0.1, -0.05) is 6.07 Å². The summed E-state index contributed by atoms with van der Waals surface area (Å²) in [6.07, 6.45) is -4.33. The molecule has 2 heterocycles. The van der Waals surface area contributed by atoms with Gasteiger partial charge in [0.15, 0.2) is 5.13 Å². The number of alkyl halides is 3. The fraction of sp³-hybridized carbons (Fsp3) is 0.227. The summed E-state index contributed by atoms with van der Waals surface area (Å²) >= 11 is 1.29. The molecule has 0 spiro atoms. The fourth-order valence-corrected chi connectivity index (χ4v) is 3.88. The van der Waals surface area contributed by atoms with E-state index >= 15 is 0 Å². The first-order valence-electron chi connectivity index (χ1n) is 10.0. The number of hydrogen-bond acceptors (Lipinski definition) is 7. The van der Waals surface area contributed by atoms with Gasteiger partial charge in [0.1, 0.15) is 29.8 Å². The molecule has 178 valence electrons. The van der Waals surface area contributed by atoms with Crippen LogP contribution in [0.4, 0.5) is 18.3 Å². The Morgan fingerprint density at radius 1 is 1.29 bits per heavy atom. The van der Waals surface area contributed by atoms with E-state index in [0.29, 0.717) is 10.6 Å². The zero-order valence-corrected chi connectivity index (χ0v) is 18.5. The number of aliphatic hydroxyl groups is 2. The van der Waals surface area contributed by atoms with E-state index in [1.807, 2.05) is 6.92 Å². The number of aromatic amines is 1. The van der Waals surface area contributed by atoms with Gasteiger partial charge in [0.25, 0.3) is 5.91 Å². The molecule has 0 saturated carbocycles. The fourth-order valence-electron chi connectivity index (χ4n) is 3.22. The van der Waals surface area contributed by atoms with Crippen LogP contribution in [0.25, 0.3) is 22.4 Å². The van der Waals surface area contributed by atoms with E-state index in [1.165, 1.54) is 29.5 Å². The number of fused-ring (bicyclic) bond motifs is 1. The second-order valence-electron chi connectivity index (χ2n) is 7.37. The molecule has 0 radical (unpaired) electrons. The number of halogens is 3. The van der Waals surface area contributed by atoms with E-state index in [4.69, 9.17) is 9.84 Å². The van der Waals surface area contributed by atoms with Crippen LogP contribution in [0.15, 0.2) is 42.6 Å². The van der Waals surface area contributed by atoms with Crippen molar-refractivity contribution in [3.8, 4) is 17.1 Å². The highest BCUT2D eigenvalue weighted by Gasteiger charge is 2.35. The van der Waals surface area contributed by atoms with Crippen molar-refractivity contribution in [1.82, 2.24) is 15.0 Å². The number of hydrogen-bond donors (Lipinski definition) is 4. The zero-order chi connectivity index (χ0) is 24.5. The van der Waals surface area contributed by atoms with Gasteiger partial charge in [0.2, 0.25) is 0 Å². The Morgan fingerprint density at radius 2 is 2.09 bits per heavy atom. The summed E-state index contributed by atoms with van der Waals surface area (Å²) in [5.41, 5.74) is -0.466. The van der Waals surface area contributed by atoms with E-state index in [0.717, 1.165) is 10.9 Å². The van der Waals surface area contributed by atoms with Crippen molar-refractivity contribution < 1.29 is 32.9 Å². The minimum absolute atomic E-state index is 0.0744. The Morgan fingerprint density at radius 3 is 2.76 bits per heavy atom. The second kappa shape index (κ2) is 9.41. The molecular formula is C22H19F3N4O4S. The summed E-state index contributed by atoms with van der Waals surface area (Å²) in [5, 5.41) is 21.3. The number of aliphatic hydroxyl groups excluding tert-OH is 2. The molecule has 4 rings (SSSR count). The molecule has 34 heavy (non-hydrogen) atoms. The molecule has 2 aromatic carbocycles. The molecule has 4 N–H and O–H groups in total. The highest BCUT2D eigenvalue weighted by Crippen LogP contribution is 2.39. The van der Waals surface area contributed by atoms with Gasteiger partial charge in [-0.05, 0) is 37.3 Å². The van der Waals surface area contributed by atoms with Crippen molar-refractivity contribution in [2.24, 2.45) is 0 Å². The smallest absolute Gasteiger partial charge is 0.417 e. The maximum absolute atomic E-state index is 13.8. The summed E-state index contributed by atoms with van der Waals surface area (Å²) in [5.74, 6) is -0.687. The van der Waals surface area contributed by atoms with Crippen molar-refractivity contribution in [2.75, 3.05) is 18.5 Å². The number of carbonyl (C=O) groups is 1. The maximum atomic E-state index is 13.8. The van der Waals surface area contributed by atoms with E-state index in [9.17, 15) is 23.1 Å². The number of H-pyrrole nitrogens is 1. The minimum Gasteiger partial charge on any atom is -0.491 e. The van der Waals surface area contributed by atoms with Gasteiger partial charge in [-0.3, -0.25) is 10.1 Å². The molecule has 1 atom stereocenters. The highest BCUT2D eigenvalue weighted by molar-refractivity contribution is 7.15. The van der Waals surface area contributed by atoms with Crippen LogP contribution in [0.1, 0.15) is 20.8 Å². The first kappa shape index (κ1) is 23.7. The van der Waals surface area contributed by atoms with Crippen molar-refractivity contribution in [1.29, 1.82) is 0 Å².